The molecule has 2 aromatic rings. The van der Waals surface area contributed by atoms with E-state index in [1.165, 1.54) is 0 Å². The van der Waals surface area contributed by atoms with Gasteiger partial charge in [-0.25, -0.2) is 0 Å². The van der Waals surface area contributed by atoms with E-state index >= 15 is 0 Å². The number of amides is 4. The van der Waals surface area contributed by atoms with Crippen LogP contribution in [-0.2, 0) is 30.3 Å². The van der Waals surface area contributed by atoms with Crippen LogP contribution in [0.3, 0.4) is 0 Å². The molecule has 6 rings (SSSR count). The summed E-state index contributed by atoms with van der Waals surface area (Å²) in [7, 11) is 0. The lowest BCUT2D eigenvalue weighted by atomic mass is 9.55. The van der Waals surface area contributed by atoms with E-state index in [0.29, 0.717) is 0 Å². The fraction of sp³-hybridized carbons (Fsp3) is 0.273. The Bertz CT molecular complexity index is 970. The number of benzene rings is 2. The molecule has 0 aliphatic carbocycles. The Kier molecular flexibility index (Phi) is 2.97. The van der Waals surface area contributed by atoms with Crippen LogP contribution in [0.25, 0.3) is 0 Å². The first-order valence-corrected chi connectivity index (χ1v) is 9.61. The third-order valence-corrected chi connectivity index (χ3v) is 7.17. The molecule has 0 unspecified atom stereocenters. The molecule has 2 bridgehead atoms. The standard InChI is InChI=1S/C22H17N3O4/c26-17-13-15(19(28)23-17)22(12-9-5-2-6-10-12)16-14(18(27)24-20(16)29)21(13,25-22)11-7-3-1-4-8-11/h1-10,13-16,25H,(H,23,26,28)(H,24,27,29)/t13-,14-,15-,16-,21?,22?/m1/s1. The van der Waals surface area contributed by atoms with E-state index in [1.54, 1.807) is 0 Å². The van der Waals surface area contributed by atoms with Gasteiger partial charge in [-0.2, -0.15) is 0 Å². The van der Waals surface area contributed by atoms with Crippen molar-refractivity contribution in [1.82, 2.24) is 16.0 Å². The second kappa shape index (κ2) is 5.18. The maximum absolute atomic E-state index is 13.0. The Labute approximate surface area is 165 Å². The zero-order chi connectivity index (χ0) is 20.0. The van der Waals surface area contributed by atoms with Gasteiger partial charge in [-0.05, 0) is 11.1 Å². The van der Waals surface area contributed by atoms with Crippen molar-refractivity contribution >= 4 is 23.6 Å². The quantitative estimate of drug-likeness (QED) is 0.638. The summed E-state index contributed by atoms with van der Waals surface area (Å²) in [6.07, 6.45) is 0. The predicted molar refractivity (Wildman–Crippen MR) is 99.6 cm³/mol. The number of imide groups is 2. The third kappa shape index (κ3) is 1.69. The zero-order valence-corrected chi connectivity index (χ0v) is 15.2. The first-order chi connectivity index (χ1) is 14.0. The lowest BCUT2D eigenvalue weighted by molar-refractivity contribution is -0.133. The molecule has 4 aliphatic rings. The first kappa shape index (κ1) is 16.6. The van der Waals surface area contributed by atoms with Crippen molar-refractivity contribution < 1.29 is 19.2 Å². The normalized spacial score (nSPS) is 39.3. The van der Waals surface area contributed by atoms with Gasteiger partial charge in [0.1, 0.15) is 0 Å². The molecule has 4 amide bonds. The molecular formula is C22H17N3O4. The molecule has 4 aliphatic heterocycles. The monoisotopic (exact) mass is 387 g/mol. The molecule has 3 N–H and O–H groups in total. The fourth-order valence-corrected chi connectivity index (χ4v) is 6.37. The van der Waals surface area contributed by atoms with Gasteiger partial charge in [0, 0.05) is 0 Å². The van der Waals surface area contributed by atoms with Gasteiger partial charge in [-0.3, -0.25) is 35.1 Å². The van der Waals surface area contributed by atoms with Crippen LogP contribution in [0, 0.1) is 23.7 Å². The number of fused-ring (bicyclic) bond motifs is 8. The summed E-state index contributed by atoms with van der Waals surface area (Å²) in [6, 6.07) is 18.4. The molecule has 0 spiro atoms. The molecule has 0 aromatic heterocycles. The largest absolute Gasteiger partial charge is 0.296 e. The van der Waals surface area contributed by atoms with Gasteiger partial charge >= 0.3 is 0 Å². The average Bonchev–Trinajstić information content (AvgIpc) is 3.42. The maximum Gasteiger partial charge on any atom is 0.232 e. The zero-order valence-electron chi connectivity index (χ0n) is 15.2. The minimum absolute atomic E-state index is 0.403. The van der Waals surface area contributed by atoms with Crippen LogP contribution >= 0.6 is 0 Å². The summed E-state index contributed by atoms with van der Waals surface area (Å²) in [4.78, 5) is 52.0. The highest BCUT2D eigenvalue weighted by Crippen LogP contribution is 2.68. The topological polar surface area (TPSA) is 104 Å². The Hall–Kier alpha value is -3.32. The number of hydrogen-bond acceptors (Lipinski definition) is 5. The van der Waals surface area contributed by atoms with Crippen molar-refractivity contribution in [3.05, 3.63) is 71.8 Å². The van der Waals surface area contributed by atoms with E-state index in [-0.39, 0.29) is 0 Å². The van der Waals surface area contributed by atoms with E-state index in [0.717, 1.165) is 11.1 Å². The highest BCUT2D eigenvalue weighted by Gasteiger charge is 2.84. The molecule has 4 saturated heterocycles. The Morgan fingerprint density at radius 2 is 0.828 bits per heavy atom. The van der Waals surface area contributed by atoms with Crippen molar-refractivity contribution in [2.45, 2.75) is 11.1 Å². The van der Waals surface area contributed by atoms with Crippen LogP contribution in [0.15, 0.2) is 60.7 Å². The highest BCUT2D eigenvalue weighted by atomic mass is 16.2. The smallest absolute Gasteiger partial charge is 0.232 e. The maximum atomic E-state index is 13.0. The summed E-state index contributed by atoms with van der Waals surface area (Å²) in [5, 5.41) is 8.48. The average molecular weight is 387 g/mol. The lowest BCUT2D eigenvalue weighted by Crippen LogP contribution is -2.52. The fourth-order valence-electron chi connectivity index (χ4n) is 6.37. The minimum Gasteiger partial charge on any atom is -0.296 e. The number of hydrogen-bond donors (Lipinski definition) is 3. The molecule has 144 valence electrons. The van der Waals surface area contributed by atoms with Crippen LogP contribution in [0.2, 0.25) is 0 Å². The Morgan fingerprint density at radius 1 is 0.517 bits per heavy atom. The molecule has 29 heavy (non-hydrogen) atoms. The molecule has 4 fully saturated rings. The second-order valence-electron chi connectivity index (χ2n) is 8.21. The van der Waals surface area contributed by atoms with E-state index in [4.69, 9.17) is 0 Å². The van der Waals surface area contributed by atoms with Crippen LogP contribution in [-0.4, -0.2) is 23.6 Å². The summed E-state index contributed by atoms with van der Waals surface area (Å²) in [5.74, 6) is -4.74. The Morgan fingerprint density at radius 3 is 1.14 bits per heavy atom. The predicted octanol–water partition coefficient (Wildman–Crippen LogP) is 0.172. The molecule has 0 saturated carbocycles. The molecule has 0 radical (unpaired) electrons. The van der Waals surface area contributed by atoms with E-state index in [2.05, 4.69) is 16.0 Å². The number of carbonyl (C=O) groups is 4. The molecule has 2 aromatic carbocycles. The summed E-state index contributed by atoms with van der Waals surface area (Å²) >= 11 is 0. The molecule has 7 nitrogen and oxygen atoms in total. The van der Waals surface area contributed by atoms with Gasteiger partial charge in [0.25, 0.3) is 0 Å². The van der Waals surface area contributed by atoms with Gasteiger partial charge in [0.15, 0.2) is 0 Å². The van der Waals surface area contributed by atoms with Gasteiger partial charge < -0.3 is 0 Å². The van der Waals surface area contributed by atoms with E-state index in [9.17, 15) is 19.2 Å². The first-order valence-electron chi connectivity index (χ1n) is 9.61. The SMILES string of the molecule is O=C1NC(=O)[C@H]2[C@H]1C1(c3ccccc3)NC2(c2ccccc2)[C@H]2C(=O)NC(=O)[C@@H]21. The van der Waals surface area contributed by atoms with Crippen LogP contribution in [0.4, 0.5) is 0 Å². The second-order valence-corrected chi connectivity index (χ2v) is 8.21. The number of rotatable bonds is 2. The van der Waals surface area contributed by atoms with Gasteiger partial charge in [-0.1, -0.05) is 60.7 Å². The van der Waals surface area contributed by atoms with Crippen LogP contribution in [0.5, 0.6) is 0 Å². The third-order valence-electron chi connectivity index (χ3n) is 7.17. The summed E-state index contributed by atoms with van der Waals surface area (Å²) < 4.78 is 0. The van der Waals surface area contributed by atoms with Crippen molar-refractivity contribution in [2.24, 2.45) is 23.7 Å². The molecule has 4 atom stereocenters. The summed E-state index contributed by atoms with van der Waals surface area (Å²) in [5.41, 5.74) is -0.817. The molecular weight excluding hydrogens is 370 g/mol. The minimum atomic E-state index is -1.14. The lowest BCUT2D eigenvalue weighted by Gasteiger charge is -2.40. The van der Waals surface area contributed by atoms with Crippen molar-refractivity contribution in [1.29, 1.82) is 0 Å². The van der Waals surface area contributed by atoms with Gasteiger partial charge in [0.05, 0.1) is 34.7 Å². The van der Waals surface area contributed by atoms with Crippen molar-refractivity contribution in [3.63, 3.8) is 0 Å². The number of nitrogens with one attached hydrogen (secondary N) is 3. The van der Waals surface area contributed by atoms with Crippen molar-refractivity contribution in [3.8, 4) is 0 Å². The highest BCUT2D eigenvalue weighted by molar-refractivity contribution is 6.13. The van der Waals surface area contributed by atoms with Gasteiger partial charge in [0.2, 0.25) is 23.6 Å². The molecule has 4 heterocycles. The van der Waals surface area contributed by atoms with Crippen LogP contribution in [0.1, 0.15) is 11.1 Å². The Balaban J connectivity index is 1.72. The van der Waals surface area contributed by atoms with Gasteiger partial charge in [-0.15, -0.1) is 0 Å². The summed E-state index contributed by atoms with van der Waals surface area (Å²) in [6.45, 7) is 0. The van der Waals surface area contributed by atoms with E-state index in [1.807, 2.05) is 60.7 Å². The van der Waals surface area contributed by atoms with Crippen LogP contribution < -0.4 is 16.0 Å². The van der Waals surface area contributed by atoms with E-state index < -0.39 is 58.4 Å². The van der Waals surface area contributed by atoms with Crippen molar-refractivity contribution in [2.75, 3.05) is 0 Å². The molecule has 7 heteroatoms. The number of carbonyl (C=O) groups excluding carboxylic acids is 4.